The van der Waals surface area contributed by atoms with E-state index in [0.717, 1.165) is 15.6 Å². The molecular formula is C16H22INO. The first-order valence-corrected chi connectivity index (χ1v) is 8.12. The minimum absolute atomic E-state index is 0.173. The quantitative estimate of drug-likeness (QED) is 0.712. The molecule has 0 bridgehead atoms. The summed E-state index contributed by atoms with van der Waals surface area (Å²) >= 11 is 2.28. The monoisotopic (exact) mass is 371 g/mol. The minimum Gasteiger partial charge on any atom is -0.338 e. The van der Waals surface area contributed by atoms with Crippen molar-refractivity contribution in [3.8, 4) is 0 Å². The lowest BCUT2D eigenvalue weighted by Crippen LogP contribution is -2.42. The second-order valence-corrected chi connectivity index (χ2v) is 6.76. The maximum Gasteiger partial charge on any atom is 0.254 e. The lowest BCUT2D eigenvalue weighted by molar-refractivity contribution is 0.0628. The molecule has 1 amide bonds. The molecule has 0 aliphatic heterocycles. The molecule has 1 aromatic carbocycles. The molecule has 19 heavy (non-hydrogen) atoms. The standard InChI is InChI=1S/C16H22INO/c1-11-7-4-5-10-14(11)18(3)16(19)13-9-6-8-12(2)15(13)17/h6,8-9,11,14H,4-5,7,10H2,1-3H3. The van der Waals surface area contributed by atoms with E-state index in [9.17, 15) is 4.79 Å². The van der Waals surface area contributed by atoms with Crippen LogP contribution in [0.3, 0.4) is 0 Å². The van der Waals surface area contributed by atoms with E-state index >= 15 is 0 Å². The Balaban J connectivity index is 2.21. The van der Waals surface area contributed by atoms with Crippen LogP contribution < -0.4 is 0 Å². The number of hydrogen-bond acceptors (Lipinski definition) is 1. The summed E-state index contributed by atoms with van der Waals surface area (Å²) in [5, 5.41) is 0. The minimum atomic E-state index is 0.173. The molecule has 2 atom stereocenters. The Kier molecular flexibility index (Phi) is 4.87. The number of carbonyl (C=O) groups excluding carboxylic acids is 1. The van der Waals surface area contributed by atoms with Gasteiger partial charge in [-0.05, 0) is 59.9 Å². The fourth-order valence-electron chi connectivity index (χ4n) is 3.03. The molecule has 1 saturated carbocycles. The maximum atomic E-state index is 12.7. The Morgan fingerprint density at radius 2 is 2.00 bits per heavy atom. The van der Waals surface area contributed by atoms with Crippen molar-refractivity contribution >= 4 is 28.5 Å². The molecule has 0 radical (unpaired) electrons. The molecule has 0 heterocycles. The van der Waals surface area contributed by atoms with Gasteiger partial charge in [-0.15, -0.1) is 0 Å². The Bertz CT molecular complexity index is 472. The Hall–Kier alpha value is -0.580. The van der Waals surface area contributed by atoms with Crippen LogP contribution in [0.2, 0.25) is 0 Å². The molecule has 0 spiro atoms. The number of carbonyl (C=O) groups is 1. The Labute approximate surface area is 129 Å². The highest BCUT2D eigenvalue weighted by Crippen LogP contribution is 2.29. The van der Waals surface area contributed by atoms with Crippen molar-refractivity contribution in [2.24, 2.45) is 5.92 Å². The third kappa shape index (κ3) is 3.12. The van der Waals surface area contributed by atoms with Crippen LogP contribution in [-0.2, 0) is 0 Å². The third-order valence-electron chi connectivity index (χ3n) is 4.31. The third-order valence-corrected chi connectivity index (χ3v) is 5.74. The maximum absolute atomic E-state index is 12.7. The van der Waals surface area contributed by atoms with E-state index in [2.05, 4.69) is 42.5 Å². The molecule has 104 valence electrons. The van der Waals surface area contributed by atoms with Gasteiger partial charge in [0.1, 0.15) is 0 Å². The summed E-state index contributed by atoms with van der Waals surface area (Å²) in [4.78, 5) is 14.7. The summed E-state index contributed by atoms with van der Waals surface area (Å²) in [6, 6.07) is 6.38. The molecule has 2 unspecified atom stereocenters. The molecule has 2 rings (SSSR count). The van der Waals surface area contributed by atoms with Crippen molar-refractivity contribution in [3.63, 3.8) is 0 Å². The molecule has 3 heteroatoms. The van der Waals surface area contributed by atoms with Gasteiger partial charge in [-0.25, -0.2) is 0 Å². The summed E-state index contributed by atoms with van der Waals surface area (Å²) in [6.45, 7) is 4.33. The highest BCUT2D eigenvalue weighted by atomic mass is 127. The number of benzene rings is 1. The van der Waals surface area contributed by atoms with E-state index in [1.54, 1.807) is 0 Å². The van der Waals surface area contributed by atoms with Crippen LogP contribution in [-0.4, -0.2) is 23.9 Å². The molecule has 0 aromatic heterocycles. The van der Waals surface area contributed by atoms with Crippen molar-refractivity contribution in [1.82, 2.24) is 4.90 Å². The summed E-state index contributed by atoms with van der Waals surface area (Å²) in [5.74, 6) is 0.789. The van der Waals surface area contributed by atoms with Crippen LogP contribution in [0, 0.1) is 16.4 Å². The van der Waals surface area contributed by atoms with Gasteiger partial charge in [0.2, 0.25) is 0 Å². The SMILES string of the molecule is Cc1cccc(C(=O)N(C)C2CCCCC2C)c1I. The Morgan fingerprint density at radius 3 is 2.68 bits per heavy atom. The van der Waals surface area contributed by atoms with Gasteiger partial charge in [-0.1, -0.05) is 31.9 Å². The molecule has 2 nitrogen and oxygen atoms in total. The number of nitrogens with zero attached hydrogens (tertiary/aromatic N) is 1. The zero-order valence-corrected chi connectivity index (χ0v) is 14.1. The normalized spacial score (nSPS) is 23.2. The van der Waals surface area contributed by atoms with E-state index in [-0.39, 0.29) is 5.91 Å². The van der Waals surface area contributed by atoms with Crippen molar-refractivity contribution in [2.75, 3.05) is 7.05 Å². The first-order valence-electron chi connectivity index (χ1n) is 7.04. The second kappa shape index (κ2) is 6.25. The average molecular weight is 371 g/mol. The van der Waals surface area contributed by atoms with Gasteiger partial charge in [0.25, 0.3) is 5.91 Å². The molecule has 1 aliphatic rings. The number of aryl methyl sites for hydroxylation is 1. The zero-order chi connectivity index (χ0) is 14.0. The van der Waals surface area contributed by atoms with E-state index in [1.165, 1.54) is 24.8 Å². The molecule has 1 aliphatic carbocycles. The van der Waals surface area contributed by atoms with Crippen LogP contribution in [0.25, 0.3) is 0 Å². The van der Waals surface area contributed by atoms with Crippen molar-refractivity contribution in [2.45, 2.75) is 45.6 Å². The van der Waals surface area contributed by atoms with E-state index in [4.69, 9.17) is 0 Å². The van der Waals surface area contributed by atoms with E-state index in [1.807, 2.05) is 24.1 Å². The Morgan fingerprint density at radius 1 is 1.32 bits per heavy atom. The largest absolute Gasteiger partial charge is 0.338 e. The van der Waals surface area contributed by atoms with Gasteiger partial charge >= 0.3 is 0 Å². The topological polar surface area (TPSA) is 20.3 Å². The molecule has 0 saturated heterocycles. The van der Waals surface area contributed by atoms with Crippen molar-refractivity contribution in [1.29, 1.82) is 0 Å². The molecular weight excluding hydrogens is 349 g/mol. The first kappa shape index (κ1) is 14.8. The van der Waals surface area contributed by atoms with Gasteiger partial charge in [-0.3, -0.25) is 4.79 Å². The van der Waals surface area contributed by atoms with Gasteiger partial charge in [0.05, 0.1) is 5.56 Å². The molecule has 1 aromatic rings. The summed E-state index contributed by atoms with van der Waals surface area (Å²) < 4.78 is 1.08. The van der Waals surface area contributed by atoms with Crippen LogP contribution in [0.1, 0.15) is 48.5 Å². The lowest BCUT2D eigenvalue weighted by Gasteiger charge is -2.36. The fourth-order valence-corrected chi connectivity index (χ4v) is 3.62. The average Bonchev–Trinajstić information content (AvgIpc) is 2.41. The molecule has 0 N–H and O–H groups in total. The smallest absolute Gasteiger partial charge is 0.254 e. The van der Waals surface area contributed by atoms with Gasteiger partial charge in [0, 0.05) is 16.7 Å². The summed E-state index contributed by atoms with van der Waals surface area (Å²) in [7, 11) is 1.97. The highest BCUT2D eigenvalue weighted by Gasteiger charge is 2.29. The number of amides is 1. The predicted octanol–water partition coefficient (Wildman–Crippen LogP) is 4.25. The zero-order valence-electron chi connectivity index (χ0n) is 11.9. The summed E-state index contributed by atoms with van der Waals surface area (Å²) in [6.07, 6.45) is 4.94. The lowest BCUT2D eigenvalue weighted by atomic mass is 9.85. The van der Waals surface area contributed by atoms with Crippen LogP contribution >= 0.6 is 22.6 Å². The number of halogens is 1. The van der Waals surface area contributed by atoms with Crippen molar-refractivity contribution < 1.29 is 4.79 Å². The summed E-state index contributed by atoms with van der Waals surface area (Å²) in [5.41, 5.74) is 2.03. The van der Waals surface area contributed by atoms with E-state index in [0.29, 0.717) is 12.0 Å². The first-order chi connectivity index (χ1) is 9.02. The highest BCUT2D eigenvalue weighted by molar-refractivity contribution is 14.1. The van der Waals surface area contributed by atoms with Crippen LogP contribution in [0.4, 0.5) is 0 Å². The molecule has 1 fully saturated rings. The van der Waals surface area contributed by atoms with Crippen LogP contribution in [0.5, 0.6) is 0 Å². The van der Waals surface area contributed by atoms with Crippen LogP contribution in [0.15, 0.2) is 18.2 Å². The second-order valence-electron chi connectivity index (χ2n) is 5.68. The van der Waals surface area contributed by atoms with Crippen molar-refractivity contribution in [3.05, 3.63) is 32.9 Å². The van der Waals surface area contributed by atoms with E-state index < -0.39 is 0 Å². The number of rotatable bonds is 2. The van der Waals surface area contributed by atoms with Gasteiger partial charge in [-0.2, -0.15) is 0 Å². The predicted molar refractivity (Wildman–Crippen MR) is 87.4 cm³/mol. The van der Waals surface area contributed by atoms with Gasteiger partial charge in [0.15, 0.2) is 0 Å². The number of hydrogen-bond donors (Lipinski definition) is 0. The van der Waals surface area contributed by atoms with Gasteiger partial charge < -0.3 is 4.90 Å². The fraction of sp³-hybridized carbons (Fsp3) is 0.562.